The summed E-state index contributed by atoms with van der Waals surface area (Å²) in [6.07, 6.45) is 4.50. The van der Waals surface area contributed by atoms with Gasteiger partial charge in [-0.15, -0.1) is 0 Å². The molecule has 0 unspecified atom stereocenters. The zero-order valence-electron chi connectivity index (χ0n) is 19.6. The van der Waals surface area contributed by atoms with E-state index in [0.29, 0.717) is 24.1 Å². The van der Waals surface area contributed by atoms with E-state index in [9.17, 15) is 14.0 Å². The predicted octanol–water partition coefficient (Wildman–Crippen LogP) is 4.88. The number of benzene rings is 1. The Hall–Kier alpha value is -3.41. The van der Waals surface area contributed by atoms with Gasteiger partial charge in [0.25, 0.3) is 5.91 Å². The van der Waals surface area contributed by atoms with Crippen LogP contribution in [0.1, 0.15) is 66.5 Å². The van der Waals surface area contributed by atoms with Crippen LogP contribution in [-0.2, 0) is 23.1 Å². The van der Waals surface area contributed by atoms with Crippen molar-refractivity contribution < 1.29 is 14.0 Å². The van der Waals surface area contributed by atoms with Crippen molar-refractivity contribution in [2.75, 3.05) is 6.54 Å². The first kappa shape index (κ1) is 22.8. The molecule has 0 aliphatic carbocycles. The number of hydrogen-bond acceptors (Lipinski definition) is 2. The summed E-state index contributed by atoms with van der Waals surface area (Å²) in [4.78, 5) is 27.7. The fourth-order valence-electron chi connectivity index (χ4n) is 4.86. The Labute approximate surface area is 193 Å². The molecule has 0 fully saturated rings. The fraction of sp³-hybridized carbons (Fsp3) is 0.333. The van der Waals surface area contributed by atoms with Crippen molar-refractivity contribution in [3.8, 4) is 0 Å². The van der Waals surface area contributed by atoms with Crippen LogP contribution < -0.4 is 5.73 Å². The van der Waals surface area contributed by atoms with Gasteiger partial charge in [0.2, 0.25) is 5.91 Å². The Kier molecular flexibility index (Phi) is 5.87. The number of fused-ring (bicyclic) bond motifs is 2. The minimum absolute atomic E-state index is 0.0203. The molecule has 1 aromatic carbocycles. The molecule has 33 heavy (non-hydrogen) atoms. The molecule has 6 heteroatoms. The monoisotopic (exact) mass is 447 g/mol. The first-order chi connectivity index (χ1) is 15.7. The van der Waals surface area contributed by atoms with Crippen LogP contribution in [0.4, 0.5) is 4.39 Å². The van der Waals surface area contributed by atoms with E-state index in [4.69, 9.17) is 5.73 Å². The van der Waals surface area contributed by atoms with Gasteiger partial charge < -0.3 is 15.0 Å². The van der Waals surface area contributed by atoms with Crippen molar-refractivity contribution in [3.05, 3.63) is 88.5 Å². The van der Waals surface area contributed by atoms with Crippen LogP contribution in [-0.4, -0.2) is 27.7 Å². The number of allylic oxidation sites excluding steroid dienone is 1. The molecule has 1 aliphatic rings. The smallest absolute Gasteiger partial charge is 0.254 e. The predicted molar refractivity (Wildman–Crippen MR) is 128 cm³/mol. The molecule has 3 heterocycles. The Morgan fingerprint density at radius 3 is 2.64 bits per heavy atom. The van der Waals surface area contributed by atoms with Crippen LogP contribution in [0, 0.1) is 0 Å². The van der Waals surface area contributed by atoms with E-state index in [1.807, 2.05) is 40.5 Å². The molecule has 2 atom stereocenters. The van der Waals surface area contributed by atoms with Gasteiger partial charge in [-0.05, 0) is 68.5 Å². The lowest BCUT2D eigenvalue weighted by atomic mass is 9.81. The standard InChI is InChI=1S/C27H30FN3O2/c1-5-21-13-19(25(32)30-12-11-18-9-7-8-10-23(18)17(30)3)14-22-15-20(16-31(21)22)27(4,26(29)33)24(28)6-2/h6-10,13-17H,5,11-12H2,1-4H3,(H2,29,33)/b24-6+/t17-,27-/m1/s1. The zero-order valence-corrected chi connectivity index (χ0v) is 19.6. The number of pyridine rings is 1. The largest absolute Gasteiger partial charge is 0.369 e. The lowest BCUT2D eigenvalue weighted by Gasteiger charge is -2.35. The summed E-state index contributed by atoms with van der Waals surface area (Å²) in [7, 11) is 0. The Morgan fingerprint density at radius 2 is 1.97 bits per heavy atom. The number of carbonyl (C=O) groups excluding carboxylic acids is 2. The minimum atomic E-state index is -1.57. The van der Waals surface area contributed by atoms with E-state index in [0.717, 1.165) is 17.6 Å². The SMILES string of the molecule is C/C=C(/F)[C@](C)(C(N)=O)c1cc2cc(C(=O)N3CCc4ccccc4[C@H]3C)cc(CC)n2c1. The Balaban J connectivity index is 1.78. The lowest BCUT2D eigenvalue weighted by molar-refractivity contribution is -0.122. The van der Waals surface area contributed by atoms with E-state index >= 15 is 0 Å². The third kappa shape index (κ3) is 3.63. The maximum Gasteiger partial charge on any atom is 0.254 e. The Bertz CT molecular complexity index is 1280. The second-order valence-electron chi connectivity index (χ2n) is 8.86. The molecule has 0 radical (unpaired) electrons. The van der Waals surface area contributed by atoms with Gasteiger partial charge in [-0.2, -0.15) is 0 Å². The Morgan fingerprint density at radius 1 is 1.24 bits per heavy atom. The molecule has 5 nitrogen and oxygen atoms in total. The molecule has 0 bridgehead atoms. The average Bonchev–Trinajstić information content (AvgIpc) is 3.27. The zero-order chi connectivity index (χ0) is 23.9. The number of halogens is 1. The third-order valence-corrected chi connectivity index (χ3v) is 7.05. The van der Waals surface area contributed by atoms with Gasteiger partial charge in [-0.3, -0.25) is 9.59 Å². The van der Waals surface area contributed by atoms with Gasteiger partial charge in [0, 0.05) is 29.5 Å². The lowest BCUT2D eigenvalue weighted by Crippen LogP contribution is -2.39. The molecule has 3 aromatic rings. The molecule has 1 aliphatic heterocycles. The molecule has 2 N–H and O–H groups in total. The van der Waals surface area contributed by atoms with Crippen LogP contribution >= 0.6 is 0 Å². The van der Waals surface area contributed by atoms with Crippen LogP contribution in [0.3, 0.4) is 0 Å². The van der Waals surface area contributed by atoms with Crippen molar-refractivity contribution in [1.82, 2.24) is 9.30 Å². The summed E-state index contributed by atoms with van der Waals surface area (Å²) < 4.78 is 16.6. The highest BCUT2D eigenvalue weighted by atomic mass is 19.1. The van der Waals surface area contributed by atoms with Gasteiger partial charge >= 0.3 is 0 Å². The molecule has 4 rings (SSSR count). The molecule has 0 saturated heterocycles. The van der Waals surface area contributed by atoms with Crippen LogP contribution in [0.15, 0.2) is 60.6 Å². The maximum absolute atomic E-state index is 14.7. The molecule has 172 valence electrons. The summed E-state index contributed by atoms with van der Waals surface area (Å²) in [5.41, 5.74) is 9.19. The summed E-state index contributed by atoms with van der Waals surface area (Å²) in [6, 6.07) is 13.7. The van der Waals surface area contributed by atoms with Gasteiger partial charge in [-0.1, -0.05) is 37.3 Å². The molecular weight excluding hydrogens is 417 g/mol. The molecular formula is C27H30FN3O2. The van der Waals surface area contributed by atoms with Crippen molar-refractivity contribution in [1.29, 1.82) is 0 Å². The highest BCUT2D eigenvalue weighted by Gasteiger charge is 2.39. The topological polar surface area (TPSA) is 67.8 Å². The minimum Gasteiger partial charge on any atom is -0.369 e. The second kappa shape index (κ2) is 8.50. The highest BCUT2D eigenvalue weighted by molar-refractivity contribution is 5.96. The summed E-state index contributed by atoms with van der Waals surface area (Å²) in [5, 5.41) is 0. The number of primary amides is 1. The van der Waals surface area contributed by atoms with Gasteiger partial charge in [-0.25, -0.2) is 4.39 Å². The number of aryl methyl sites for hydroxylation is 1. The van der Waals surface area contributed by atoms with Crippen LogP contribution in [0.2, 0.25) is 0 Å². The van der Waals surface area contributed by atoms with E-state index in [1.165, 1.54) is 24.1 Å². The van der Waals surface area contributed by atoms with Crippen molar-refractivity contribution in [3.63, 3.8) is 0 Å². The van der Waals surface area contributed by atoms with E-state index < -0.39 is 17.1 Å². The summed E-state index contributed by atoms with van der Waals surface area (Å²) in [6.45, 7) is 7.75. The fourth-order valence-corrected chi connectivity index (χ4v) is 4.86. The van der Waals surface area contributed by atoms with Crippen LogP contribution in [0.25, 0.3) is 5.52 Å². The average molecular weight is 448 g/mol. The second-order valence-corrected chi connectivity index (χ2v) is 8.86. The first-order valence-corrected chi connectivity index (χ1v) is 11.4. The van der Waals surface area contributed by atoms with Gasteiger partial charge in [0.1, 0.15) is 11.2 Å². The van der Waals surface area contributed by atoms with Crippen LogP contribution in [0.5, 0.6) is 0 Å². The number of nitrogens with two attached hydrogens (primary N) is 1. The normalized spacial score (nSPS) is 18.2. The maximum atomic E-state index is 14.7. The van der Waals surface area contributed by atoms with E-state index in [1.54, 1.807) is 19.2 Å². The molecule has 2 aromatic heterocycles. The number of amides is 2. The van der Waals surface area contributed by atoms with Gasteiger partial charge in [0.15, 0.2) is 0 Å². The highest BCUT2D eigenvalue weighted by Crippen LogP contribution is 2.35. The number of rotatable bonds is 5. The van der Waals surface area contributed by atoms with E-state index in [2.05, 4.69) is 19.1 Å². The molecule has 2 amide bonds. The quantitative estimate of drug-likeness (QED) is 0.606. The van der Waals surface area contributed by atoms with Crippen molar-refractivity contribution >= 4 is 17.3 Å². The number of hydrogen-bond donors (Lipinski definition) is 1. The molecule has 0 saturated carbocycles. The van der Waals surface area contributed by atoms with Crippen molar-refractivity contribution in [2.24, 2.45) is 5.73 Å². The number of nitrogens with zero attached hydrogens (tertiary/aromatic N) is 2. The van der Waals surface area contributed by atoms with E-state index in [-0.39, 0.29) is 11.9 Å². The summed E-state index contributed by atoms with van der Waals surface area (Å²) in [5.74, 6) is -1.39. The number of aromatic nitrogens is 1. The summed E-state index contributed by atoms with van der Waals surface area (Å²) >= 11 is 0. The third-order valence-electron chi connectivity index (χ3n) is 7.05. The van der Waals surface area contributed by atoms with Gasteiger partial charge in [0.05, 0.1) is 6.04 Å². The first-order valence-electron chi connectivity index (χ1n) is 11.4. The molecule has 0 spiro atoms. The van der Waals surface area contributed by atoms with Crippen molar-refractivity contribution in [2.45, 2.75) is 52.0 Å². The number of carbonyl (C=O) groups is 2.